The molecule has 1 saturated heterocycles. The van der Waals surface area contributed by atoms with Gasteiger partial charge in [-0.1, -0.05) is 6.92 Å². The number of furan rings is 1. The normalized spacial score (nSPS) is 33.6. The van der Waals surface area contributed by atoms with Crippen LogP contribution >= 0.6 is 0 Å². The van der Waals surface area contributed by atoms with Gasteiger partial charge in [0, 0.05) is 12.0 Å². The minimum Gasteiger partial charge on any atom is -0.464 e. The maximum Gasteiger partial charge on any atom is 0.121 e. The molecule has 1 aliphatic heterocycles. The summed E-state index contributed by atoms with van der Waals surface area (Å²) in [7, 11) is 2.06. The van der Waals surface area contributed by atoms with Gasteiger partial charge in [-0.05, 0) is 77.2 Å². The SMILES string of the molecule is CNCC1CCCN(C(C)C)C1c1ccc(C2CC2C)o1. The minimum atomic E-state index is 0.439. The summed E-state index contributed by atoms with van der Waals surface area (Å²) >= 11 is 0. The number of likely N-dealkylation sites (tertiary alicyclic amines) is 1. The number of piperidine rings is 1. The van der Waals surface area contributed by atoms with Crippen LogP contribution in [0.15, 0.2) is 16.5 Å². The van der Waals surface area contributed by atoms with E-state index >= 15 is 0 Å². The summed E-state index contributed by atoms with van der Waals surface area (Å²) in [5.41, 5.74) is 0. The Hall–Kier alpha value is -0.800. The van der Waals surface area contributed by atoms with Crippen LogP contribution in [0.4, 0.5) is 0 Å². The molecule has 2 aliphatic rings. The van der Waals surface area contributed by atoms with Crippen LogP contribution in [-0.4, -0.2) is 31.1 Å². The summed E-state index contributed by atoms with van der Waals surface area (Å²) in [5, 5.41) is 3.38. The highest BCUT2D eigenvalue weighted by Crippen LogP contribution is 2.48. The maximum atomic E-state index is 6.31. The third-order valence-electron chi connectivity index (χ3n) is 5.34. The van der Waals surface area contributed by atoms with Gasteiger partial charge in [-0.2, -0.15) is 0 Å². The molecule has 4 unspecified atom stereocenters. The van der Waals surface area contributed by atoms with Crippen molar-refractivity contribution in [2.24, 2.45) is 11.8 Å². The van der Waals surface area contributed by atoms with Crippen LogP contribution in [0, 0.1) is 11.8 Å². The molecule has 0 bridgehead atoms. The molecule has 0 amide bonds. The molecule has 3 heteroatoms. The predicted octanol–water partition coefficient (Wildman–Crippen LogP) is 3.78. The average Bonchev–Trinajstić information content (AvgIpc) is 3.00. The van der Waals surface area contributed by atoms with Gasteiger partial charge in [0.25, 0.3) is 0 Å². The zero-order chi connectivity index (χ0) is 15.0. The molecule has 21 heavy (non-hydrogen) atoms. The Morgan fingerprint density at radius 2 is 2.05 bits per heavy atom. The second-order valence-electron chi connectivity index (χ2n) is 7.30. The van der Waals surface area contributed by atoms with Gasteiger partial charge in [0.1, 0.15) is 11.5 Å². The van der Waals surface area contributed by atoms with Gasteiger partial charge in [-0.15, -0.1) is 0 Å². The molecule has 1 aliphatic carbocycles. The maximum absolute atomic E-state index is 6.31. The lowest BCUT2D eigenvalue weighted by molar-refractivity contribution is 0.0489. The number of nitrogens with zero attached hydrogens (tertiary/aromatic N) is 1. The van der Waals surface area contributed by atoms with E-state index < -0.39 is 0 Å². The third-order valence-corrected chi connectivity index (χ3v) is 5.34. The second kappa shape index (κ2) is 6.13. The van der Waals surface area contributed by atoms with Crippen LogP contribution < -0.4 is 5.32 Å². The lowest BCUT2D eigenvalue weighted by Crippen LogP contribution is -2.45. The van der Waals surface area contributed by atoms with E-state index in [1.807, 2.05) is 0 Å². The van der Waals surface area contributed by atoms with Crippen LogP contribution in [0.5, 0.6) is 0 Å². The standard InChI is InChI=1S/C18H30N2O/c1-12(2)20-9-5-6-14(11-19-4)18(20)17-8-7-16(21-17)15-10-13(15)3/h7-8,12-15,18-19H,5-6,9-11H2,1-4H3. The molecule has 1 N–H and O–H groups in total. The molecule has 2 heterocycles. The summed E-state index contributed by atoms with van der Waals surface area (Å²) in [6, 6.07) is 5.48. The van der Waals surface area contributed by atoms with Crippen molar-refractivity contribution >= 4 is 0 Å². The largest absolute Gasteiger partial charge is 0.464 e. The average molecular weight is 290 g/mol. The molecule has 1 aromatic rings. The first-order valence-corrected chi connectivity index (χ1v) is 8.61. The van der Waals surface area contributed by atoms with Crippen molar-refractivity contribution in [3.05, 3.63) is 23.7 Å². The Labute approximate surface area is 129 Å². The first kappa shape index (κ1) is 15.1. The third kappa shape index (κ3) is 3.04. The summed E-state index contributed by atoms with van der Waals surface area (Å²) < 4.78 is 6.31. The number of hydrogen-bond acceptors (Lipinski definition) is 3. The number of rotatable bonds is 5. The molecule has 0 spiro atoms. The molecule has 1 saturated carbocycles. The van der Waals surface area contributed by atoms with Crippen LogP contribution in [0.25, 0.3) is 0 Å². The minimum absolute atomic E-state index is 0.439. The van der Waals surface area contributed by atoms with E-state index in [9.17, 15) is 0 Å². The Balaban J connectivity index is 1.83. The Morgan fingerprint density at radius 1 is 1.33 bits per heavy atom. The van der Waals surface area contributed by atoms with Crippen LogP contribution in [0.1, 0.15) is 63.5 Å². The van der Waals surface area contributed by atoms with Gasteiger partial charge in [-0.3, -0.25) is 4.90 Å². The lowest BCUT2D eigenvalue weighted by Gasteiger charge is -2.42. The summed E-state index contributed by atoms with van der Waals surface area (Å²) in [5.74, 6) is 4.55. The Bertz CT molecular complexity index is 466. The van der Waals surface area contributed by atoms with Crippen molar-refractivity contribution in [1.82, 2.24) is 10.2 Å². The highest BCUT2D eigenvalue weighted by Gasteiger charge is 2.39. The first-order chi connectivity index (χ1) is 10.1. The molecule has 118 valence electrons. The van der Waals surface area contributed by atoms with E-state index in [-0.39, 0.29) is 0 Å². The van der Waals surface area contributed by atoms with E-state index in [0.717, 1.165) is 12.5 Å². The van der Waals surface area contributed by atoms with Crippen LogP contribution in [0.2, 0.25) is 0 Å². The van der Waals surface area contributed by atoms with Crippen molar-refractivity contribution in [1.29, 1.82) is 0 Å². The molecule has 2 fully saturated rings. The Morgan fingerprint density at radius 3 is 2.67 bits per heavy atom. The van der Waals surface area contributed by atoms with Crippen molar-refractivity contribution in [3.8, 4) is 0 Å². The summed E-state index contributed by atoms with van der Waals surface area (Å²) in [6.07, 6.45) is 3.89. The van der Waals surface area contributed by atoms with E-state index in [1.54, 1.807) is 0 Å². The monoisotopic (exact) mass is 290 g/mol. The van der Waals surface area contributed by atoms with Crippen molar-refractivity contribution in [2.75, 3.05) is 20.1 Å². The molecule has 0 aromatic carbocycles. The zero-order valence-electron chi connectivity index (χ0n) is 13.9. The molecule has 3 nitrogen and oxygen atoms in total. The molecule has 1 aromatic heterocycles. The molecular formula is C18H30N2O. The number of nitrogens with one attached hydrogen (secondary N) is 1. The van der Waals surface area contributed by atoms with E-state index in [2.05, 4.69) is 50.2 Å². The fourth-order valence-corrected chi connectivity index (χ4v) is 4.00. The molecular weight excluding hydrogens is 260 g/mol. The Kier molecular flexibility index (Phi) is 4.41. The van der Waals surface area contributed by atoms with Gasteiger partial charge in [0.15, 0.2) is 0 Å². The van der Waals surface area contributed by atoms with Gasteiger partial charge >= 0.3 is 0 Å². The molecule has 3 rings (SSSR count). The van der Waals surface area contributed by atoms with E-state index in [0.29, 0.717) is 23.9 Å². The number of hydrogen-bond donors (Lipinski definition) is 1. The van der Waals surface area contributed by atoms with E-state index in [1.165, 1.54) is 37.3 Å². The van der Waals surface area contributed by atoms with Crippen molar-refractivity contribution in [3.63, 3.8) is 0 Å². The smallest absolute Gasteiger partial charge is 0.121 e. The summed E-state index contributed by atoms with van der Waals surface area (Å²) in [6.45, 7) is 9.20. The highest BCUT2D eigenvalue weighted by molar-refractivity contribution is 5.20. The fraction of sp³-hybridized carbons (Fsp3) is 0.778. The summed E-state index contributed by atoms with van der Waals surface area (Å²) in [4.78, 5) is 2.63. The molecule has 4 atom stereocenters. The van der Waals surface area contributed by atoms with Gasteiger partial charge < -0.3 is 9.73 Å². The lowest BCUT2D eigenvalue weighted by atomic mass is 9.86. The highest BCUT2D eigenvalue weighted by atomic mass is 16.3. The van der Waals surface area contributed by atoms with Gasteiger partial charge in [0.2, 0.25) is 0 Å². The van der Waals surface area contributed by atoms with Crippen molar-refractivity contribution in [2.45, 2.75) is 58.0 Å². The topological polar surface area (TPSA) is 28.4 Å². The fourth-order valence-electron chi connectivity index (χ4n) is 4.00. The van der Waals surface area contributed by atoms with Crippen LogP contribution in [-0.2, 0) is 0 Å². The van der Waals surface area contributed by atoms with Gasteiger partial charge in [-0.25, -0.2) is 0 Å². The predicted molar refractivity (Wildman–Crippen MR) is 86.5 cm³/mol. The zero-order valence-corrected chi connectivity index (χ0v) is 13.9. The van der Waals surface area contributed by atoms with E-state index in [4.69, 9.17) is 4.42 Å². The quantitative estimate of drug-likeness (QED) is 0.894. The second-order valence-corrected chi connectivity index (χ2v) is 7.30. The van der Waals surface area contributed by atoms with Gasteiger partial charge in [0.05, 0.1) is 6.04 Å². The van der Waals surface area contributed by atoms with Crippen molar-refractivity contribution < 1.29 is 4.42 Å². The first-order valence-electron chi connectivity index (χ1n) is 8.61. The molecule has 0 radical (unpaired) electrons. The van der Waals surface area contributed by atoms with Crippen LogP contribution in [0.3, 0.4) is 0 Å².